The first-order valence-electron chi connectivity index (χ1n) is 5.83. The summed E-state index contributed by atoms with van der Waals surface area (Å²) in [5.41, 5.74) is 1.22. The number of aromatic nitrogens is 1. The molecule has 0 aliphatic carbocycles. The van der Waals surface area contributed by atoms with E-state index in [4.69, 9.17) is 0 Å². The molecule has 0 amide bonds. The van der Waals surface area contributed by atoms with Crippen LogP contribution in [0.25, 0.3) is 10.4 Å². The number of hydrogen-bond acceptors (Lipinski definition) is 4. The molecule has 2 heterocycles. The Kier molecular flexibility index (Phi) is 3.82. The van der Waals surface area contributed by atoms with Crippen LogP contribution in [0.1, 0.15) is 38.6 Å². The van der Waals surface area contributed by atoms with Crippen LogP contribution in [0, 0.1) is 13.8 Å². The zero-order chi connectivity index (χ0) is 13.3. The molecule has 0 saturated heterocycles. The molecule has 1 N–H and O–H groups in total. The minimum absolute atomic E-state index is 0.198. The molecule has 0 bridgehead atoms. The summed E-state index contributed by atoms with van der Waals surface area (Å²) in [7, 11) is 0. The van der Waals surface area contributed by atoms with Crippen molar-refractivity contribution >= 4 is 28.6 Å². The van der Waals surface area contributed by atoms with Crippen LogP contribution in [0.3, 0.4) is 0 Å². The highest BCUT2D eigenvalue weighted by molar-refractivity contribution is 7.16. The molecule has 0 unspecified atom stereocenters. The van der Waals surface area contributed by atoms with Crippen molar-refractivity contribution in [2.24, 2.45) is 0 Å². The van der Waals surface area contributed by atoms with Crippen molar-refractivity contribution in [1.82, 2.24) is 4.98 Å². The van der Waals surface area contributed by atoms with Crippen molar-refractivity contribution in [3.63, 3.8) is 0 Å². The zero-order valence-corrected chi connectivity index (χ0v) is 12.2. The van der Waals surface area contributed by atoms with Gasteiger partial charge >= 0.3 is 5.97 Å². The summed E-state index contributed by atoms with van der Waals surface area (Å²) in [5.74, 6) is -0.938. The van der Waals surface area contributed by atoms with E-state index in [-0.39, 0.29) is 5.69 Å². The highest BCUT2D eigenvalue weighted by atomic mass is 32.1. The molecule has 2 rings (SSSR count). The second-order valence-electron chi connectivity index (χ2n) is 4.17. The van der Waals surface area contributed by atoms with Crippen LogP contribution < -0.4 is 0 Å². The normalized spacial score (nSPS) is 10.8. The van der Waals surface area contributed by atoms with E-state index in [9.17, 15) is 9.90 Å². The maximum Gasteiger partial charge on any atom is 0.356 e. The number of nitrogens with zero attached hydrogens (tertiary/aromatic N) is 1. The standard InChI is InChI=1S/C13H15NO2S2/c1-4-5-10-14-11(13(15)16)12(18-10)9-6-7(2)17-8(9)3/h6H,4-5H2,1-3H3,(H,15,16). The van der Waals surface area contributed by atoms with Crippen LogP contribution in [0.15, 0.2) is 6.07 Å². The molecule has 2 aromatic rings. The lowest BCUT2D eigenvalue weighted by atomic mass is 10.2. The van der Waals surface area contributed by atoms with Crippen LogP contribution in [0.2, 0.25) is 0 Å². The maximum absolute atomic E-state index is 11.3. The van der Waals surface area contributed by atoms with Gasteiger partial charge in [-0.05, 0) is 32.8 Å². The van der Waals surface area contributed by atoms with Crippen LogP contribution in [0.4, 0.5) is 0 Å². The number of thiophene rings is 1. The van der Waals surface area contributed by atoms with Crippen LogP contribution >= 0.6 is 22.7 Å². The van der Waals surface area contributed by atoms with Gasteiger partial charge in [0.15, 0.2) is 5.69 Å². The predicted octanol–water partition coefficient (Wildman–Crippen LogP) is 4.14. The van der Waals surface area contributed by atoms with Gasteiger partial charge < -0.3 is 5.11 Å². The minimum atomic E-state index is -0.938. The van der Waals surface area contributed by atoms with E-state index in [0.29, 0.717) is 0 Å². The molecule has 0 atom stereocenters. The SMILES string of the molecule is CCCc1nc(C(=O)O)c(-c2cc(C)sc2C)s1. The third-order valence-electron chi connectivity index (χ3n) is 2.62. The zero-order valence-electron chi connectivity index (χ0n) is 10.6. The molecule has 5 heteroatoms. The molecular formula is C13H15NO2S2. The average Bonchev–Trinajstić information content (AvgIpc) is 2.82. The van der Waals surface area contributed by atoms with Gasteiger partial charge in [0.2, 0.25) is 0 Å². The first-order chi connectivity index (χ1) is 8.52. The van der Waals surface area contributed by atoms with Gasteiger partial charge in [-0.15, -0.1) is 22.7 Å². The summed E-state index contributed by atoms with van der Waals surface area (Å²) in [6.45, 7) is 6.13. The molecule has 0 spiro atoms. The fraction of sp³-hybridized carbons (Fsp3) is 0.385. The van der Waals surface area contributed by atoms with Crippen LogP contribution in [0.5, 0.6) is 0 Å². The fourth-order valence-electron chi connectivity index (χ4n) is 1.87. The van der Waals surface area contributed by atoms with Crippen molar-refractivity contribution in [3.05, 3.63) is 26.5 Å². The number of rotatable bonds is 4. The van der Waals surface area contributed by atoms with E-state index in [1.54, 1.807) is 11.3 Å². The number of aromatic carboxylic acids is 1. The largest absolute Gasteiger partial charge is 0.476 e. The Hall–Kier alpha value is -1.20. The van der Waals surface area contributed by atoms with Gasteiger partial charge in [-0.1, -0.05) is 6.92 Å². The second-order valence-corrected chi connectivity index (χ2v) is 6.71. The molecule has 18 heavy (non-hydrogen) atoms. The smallest absolute Gasteiger partial charge is 0.356 e. The molecule has 3 nitrogen and oxygen atoms in total. The lowest BCUT2D eigenvalue weighted by molar-refractivity contribution is 0.0692. The summed E-state index contributed by atoms with van der Waals surface area (Å²) in [6.07, 6.45) is 1.82. The van der Waals surface area contributed by atoms with E-state index in [2.05, 4.69) is 18.0 Å². The monoisotopic (exact) mass is 281 g/mol. The first kappa shape index (κ1) is 13.2. The number of carbonyl (C=O) groups is 1. The average molecular weight is 281 g/mol. The summed E-state index contributed by atoms with van der Waals surface area (Å²) in [6, 6.07) is 2.05. The summed E-state index contributed by atoms with van der Waals surface area (Å²) in [4.78, 5) is 18.7. The predicted molar refractivity (Wildman–Crippen MR) is 75.9 cm³/mol. The Morgan fingerprint density at radius 2 is 2.11 bits per heavy atom. The Bertz CT molecular complexity index is 584. The topological polar surface area (TPSA) is 50.2 Å². The summed E-state index contributed by atoms with van der Waals surface area (Å²) >= 11 is 3.20. The quantitative estimate of drug-likeness (QED) is 0.916. The van der Waals surface area contributed by atoms with E-state index in [0.717, 1.165) is 33.2 Å². The lowest BCUT2D eigenvalue weighted by Gasteiger charge is -1.96. The van der Waals surface area contributed by atoms with E-state index >= 15 is 0 Å². The van der Waals surface area contributed by atoms with E-state index in [1.807, 2.05) is 13.8 Å². The van der Waals surface area contributed by atoms with Crippen molar-refractivity contribution in [2.75, 3.05) is 0 Å². The Balaban J connectivity index is 2.54. The molecule has 0 radical (unpaired) electrons. The highest BCUT2D eigenvalue weighted by Gasteiger charge is 2.20. The van der Waals surface area contributed by atoms with E-state index in [1.165, 1.54) is 16.2 Å². The molecule has 0 aliphatic heterocycles. The lowest BCUT2D eigenvalue weighted by Crippen LogP contribution is -1.99. The number of aryl methyl sites for hydroxylation is 3. The third kappa shape index (κ3) is 2.47. The van der Waals surface area contributed by atoms with Crippen molar-refractivity contribution in [3.8, 4) is 10.4 Å². The van der Waals surface area contributed by atoms with Crippen molar-refractivity contribution < 1.29 is 9.90 Å². The fourth-order valence-corrected chi connectivity index (χ4v) is 4.09. The molecule has 0 fully saturated rings. The van der Waals surface area contributed by atoms with E-state index < -0.39 is 5.97 Å². The maximum atomic E-state index is 11.3. The van der Waals surface area contributed by atoms with Gasteiger partial charge in [-0.2, -0.15) is 0 Å². The first-order valence-corrected chi connectivity index (χ1v) is 7.46. The number of carboxylic acids is 1. The molecule has 0 aliphatic rings. The van der Waals surface area contributed by atoms with Crippen molar-refractivity contribution in [2.45, 2.75) is 33.6 Å². The molecule has 96 valence electrons. The van der Waals surface area contributed by atoms with Gasteiger partial charge in [-0.25, -0.2) is 9.78 Å². The van der Waals surface area contributed by atoms with Gasteiger partial charge in [0.25, 0.3) is 0 Å². The summed E-state index contributed by atoms with van der Waals surface area (Å²) < 4.78 is 0. The molecular weight excluding hydrogens is 266 g/mol. The number of hydrogen-bond donors (Lipinski definition) is 1. The minimum Gasteiger partial charge on any atom is -0.476 e. The number of thiazole rings is 1. The van der Waals surface area contributed by atoms with Crippen LogP contribution in [-0.4, -0.2) is 16.1 Å². The second kappa shape index (κ2) is 5.20. The molecule has 0 saturated carbocycles. The number of carboxylic acid groups (broad SMARTS) is 1. The molecule has 2 aromatic heterocycles. The van der Waals surface area contributed by atoms with Gasteiger partial charge in [0.1, 0.15) is 0 Å². The third-order valence-corrected chi connectivity index (χ3v) is 4.74. The Morgan fingerprint density at radius 3 is 2.61 bits per heavy atom. The van der Waals surface area contributed by atoms with Gasteiger partial charge in [-0.3, -0.25) is 0 Å². The Labute approximate surface area is 114 Å². The highest BCUT2D eigenvalue weighted by Crippen LogP contribution is 2.37. The molecule has 0 aromatic carbocycles. The Morgan fingerprint density at radius 1 is 1.39 bits per heavy atom. The summed E-state index contributed by atoms with van der Waals surface area (Å²) in [5, 5.41) is 10.2. The van der Waals surface area contributed by atoms with Crippen molar-refractivity contribution in [1.29, 1.82) is 0 Å². The van der Waals surface area contributed by atoms with Gasteiger partial charge in [0.05, 0.1) is 9.88 Å². The van der Waals surface area contributed by atoms with Crippen LogP contribution in [-0.2, 0) is 6.42 Å². The van der Waals surface area contributed by atoms with Gasteiger partial charge in [0, 0.05) is 15.3 Å².